The molecule has 0 radical (unpaired) electrons. The van der Waals surface area contributed by atoms with E-state index in [1.54, 1.807) is 7.11 Å². The summed E-state index contributed by atoms with van der Waals surface area (Å²) in [5.74, 6) is 0.775. The first-order valence-electron chi connectivity index (χ1n) is 14.3. The number of hydrogen-bond donors (Lipinski definition) is 2. The Kier molecular flexibility index (Phi) is 32.5. The number of amides is 2. The van der Waals surface area contributed by atoms with Crippen molar-refractivity contribution in [1.82, 2.24) is 10.3 Å². The van der Waals surface area contributed by atoms with Gasteiger partial charge in [0, 0.05) is 18.7 Å². The van der Waals surface area contributed by atoms with E-state index in [-0.39, 0.29) is 11.9 Å². The van der Waals surface area contributed by atoms with Gasteiger partial charge in [0.25, 0.3) is 0 Å². The Hall–Kier alpha value is -3.78. The zero-order chi connectivity index (χ0) is 33.7. The molecular formula is C34H56N4O3S. The van der Waals surface area contributed by atoms with Crippen LogP contribution in [0.5, 0.6) is 0 Å². The van der Waals surface area contributed by atoms with Crippen LogP contribution in [-0.2, 0) is 9.53 Å². The van der Waals surface area contributed by atoms with Crippen molar-refractivity contribution in [2.45, 2.75) is 75.7 Å². The molecule has 0 atom stereocenters. The number of allylic oxidation sites excluding steroid dienone is 6. The number of urea groups is 1. The van der Waals surface area contributed by atoms with E-state index >= 15 is 0 Å². The molecule has 2 aromatic rings. The van der Waals surface area contributed by atoms with E-state index in [2.05, 4.69) is 72.1 Å². The fourth-order valence-corrected chi connectivity index (χ4v) is 3.56. The predicted octanol–water partition coefficient (Wildman–Crippen LogP) is 10.3. The summed E-state index contributed by atoms with van der Waals surface area (Å²) >= 11 is 1.43. The van der Waals surface area contributed by atoms with Crippen LogP contribution in [0.4, 0.5) is 9.93 Å². The highest BCUT2D eigenvalue weighted by molar-refractivity contribution is 7.22. The Bertz CT molecular complexity index is 1110. The van der Waals surface area contributed by atoms with Gasteiger partial charge in [-0.25, -0.2) is 14.8 Å². The van der Waals surface area contributed by atoms with Gasteiger partial charge in [0.15, 0.2) is 11.0 Å². The van der Waals surface area contributed by atoms with Crippen LogP contribution in [0.1, 0.15) is 81.2 Å². The lowest BCUT2D eigenvalue weighted by Gasteiger charge is -2.09. The minimum atomic E-state index is -0.321. The third-order valence-electron chi connectivity index (χ3n) is 4.80. The summed E-state index contributed by atoms with van der Waals surface area (Å²) in [5.41, 5.74) is 4.84. The molecule has 42 heavy (non-hydrogen) atoms. The summed E-state index contributed by atoms with van der Waals surface area (Å²) in [6.07, 6.45) is 6.46. The quantitative estimate of drug-likeness (QED) is 0.130. The number of methoxy groups -OCH3 is 1. The van der Waals surface area contributed by atoms with Crippen molar-refractivity contribution in [2.24, 2.45) is 10.9 Å². The largest absolute Gasteiger partial charge is 0.484 e. The molecule has 236 valence electrons. The van der Waals surface area contributed by atoms with Gasteiger partial charge in [0.05, 0.1) is 17.3 Å². The molecule has 0 aliphatic heterocycles. The molecule has 1 aromatic carbocycles. The zero-order valence-corrected chi connectivity index (χ0v) is 28.8. The number of nitrogens with one attached hydrogen (secondary N) is 2. The van der Waals surface area contributed by atoms with E-state index in [0.29, 0.717) is 24.0 Å². The van der Waals surface area contributed by atoms with Crippen molar-refractivity contribution in [3.63, 3.8) is 0 Å². The van der Waals surface area contributed by atoms with Crippen LogP contribution in [0, 0.1) is 5.92 Å². The standard InChI is InChI=1S/C25H32N4O2S.3C2H6.C2H4.CH2O/c1-8-17(5)14-19(9-2)20-10-11-21-22(15-20)32-25(28-21)29-24(30)26-13-12-23(31-7)27-18(6)16(3)4;5*1-2/h8-11,14-16H,2,6,12-13H2,1,3-5,7H3,(H2,26,28,29,30);3*1-2H3;1-2H2;1H2/b17-8-,19-14+,27-23?;;;;;. The molecule has 0 aliphatic rings. The van der Waals surface area contributed by atoms with Crippen molar-refractivity contribution in [1.29, 1.82) is 0 Å². The molecule has 2 N–H and O–H groups in total. The number of aliphatic imine (C=N–C) groups is 1. The van der Waals surface area contributed by atoms with Crippen LogP contribution in [0.25, 0.3) is 15.8 Å². The van der Waals surface area contributed by atoms with Gasteiger partial charge in [0.1, 0.15) is 6.79 Å². The third kappa shape index (κ3) is 18.5. The van der Waals surface area contributed by atoms with Crippen LogP contribution in [0.15, 0.2) is 79.0 Å². The van der Waals surface area contributed by atoms with Crippen molar-refractivity contribution in [2.75, 3.05) is 19.0 Å². The van der Waals surface area contributed by atoms with E-state index in [0.717, 1.165) is 27.1 Å². The summed E-state index contributed by atoms with van der Waals surface area (Å²) in [6.45, 7) is 36.3. The Morgan fingerprint density at radius 2 is 1.69 bits per heavy atom. The first-order valence-corrected chi connectivity index (χ1v) is 15.1. The maximum Gasteiger partial charge on any atom is 0.321 e. The summed E-state index contributed by atoms with van der Waals surface area (Å²) in [4.78, 5) is 29.1. The monoisotopic (exact) mass is 600 g/mol. The zero-order valence-electron chi connectivity index (χ0n) is 28.0. The molecule has 8 heteroatoms. The molecule has 7 nitrogen and oxygen atoms in total. The Morgan fingerprint density at radius 1 is 1.12 bits per heavy atom. The molecule has 0 saturated carbocycles. The number of carbonyl (C=O) groups excluding carboxylic acids is 2. The second-order valence-electron chi connectivity index (χ2n) is 7.52. The molecule has 0 spiro atoms. The lowest BCUT2D eigenvalue weighted by atomic mass is 10.0. The highest BCUT2D eigenvalue weighted by atomic mass is 32.1. The van der Waals surface area contributed by atoms with E-state index in [4.69, 9.17) is 9.53 Å². The molecule has 2 rings (SSSR count). The molecule has 0 aliphatic carbocycles. The molecular weight excluding hydrogens is 544 g/mol. The lowest BCUT2D eigenvalue weighted by Crippen LogP contribution is -2.30. The van der Waals surface area contributed by atoms with Crippen LogP contribution in [-0.4, -0.2) is 37.4 Å². The first kappa shape index (κ1) is 45.2. The average Bonchev–Trinajstić information content (AvgIpc) is 3.45. The highest BCUT2D eigenvalue weighted by Gasteiger charge is 2.10. The smallest absolute Gasteiger partial charge is 0.321 e. The van der Waals surface area contributed by atoms with Crippen LogP contribution < -0.4 is 10.6 Å². The van der Waals surface area contributed by atoms with Gasteiger partial charge in [0.2, 0.25) is 0 Å². The van der Waals surface area contributed by atoms with Gasteiger partial charge in [-0.15, -0.1) is 13.2 Å². The number of aromatic nitrogens is 1. The maximum absolute atomic E-state index is 12.3. The number of carbonyl (C=O) groups is 2. The average molecular weight is 601 g/mol. The third-order valence-corrected chi connectivity index (χ3v) is 5.73. The Balaban J connectivity index is -0.000000651. The molecule has 2 amide bonds. The van der Waals surface area contributed by atoms with Crippen molar-refractivity contribution >= 4 is 51.0 Å². The number of nitrogens with zero attached hydrogens (tertiary/aromatic N) is 2. The summed E-state index contributed by atoms with van der Waals surface area (Å²) < 4.78 is 6.26. The molecule has 0 bridgehead atoms. The van der Waals surface area contributed by atoms with E-state index < -0.39 is 0 Å². The second-order valence-corrected chi connectivity index (χ2v) is 8.56. The van der Waals surface area contributed by atoms with Gasteiger partial charge >= 0.3 is 6.03 Å². The molecule has 0 saturated heterocycles. The van der Waals surface area contributed by atoms with E-state index in [9.17, 15) is 4.79 Å². The van der Waals surface area contributed by atoms with Crippen molar-refractivity contribution < 1.29 is 14.3 Å². The second kappa shape index (κ2) is 30.2. The number of thiazole rings is 1. The van der Waals surface area contributed by atoms with Gasteiger partial charge in [-0.2, -0.15) is 0 Å². The van der Waals surface area contributed by atoms with Crippen LogP contribution >= 0.6 is 11.3 Å². The topological polar surface area (TPSA) is 92.7 Å². The lowest BCUT2D eigenvalue weighted by molar-refractivity contribution is -0.0980. The molecule has 1 heterocycles. The number of benzene rings is 1. The minimum Gasteiger partial charge on any atom is -0.484 e. The van der Waals surface area contributed by atoms with Gasteiger partial charge in [-0.3, -0.25) is 5.32 Å². The van der Waals surface area contributed by atoms with Crippen molar-refractivity contribution in [3.05, 3.63) is 79.6 Å². The SMILES string of the molecule is C=C.C=C/C(=C\C(C)=C/C)c1ccc2nc(NC(=O)NCCC(=NC(=C)C(C)C)OC)sc2c1.C=O.CC.CC.CC. The summed E-state index contributed by atoms with van der Waals surface area (Å²) in [6, 6.07) is 5.71. The fourth-order valence-electron chi connectivity index (χ4n) is 2.66. The van der Waals surface area contributed by atoms with Crippen LogP contribution in [0.2, 0.25) is 0 Å². The number of ether oxygens (including phenoxy) is 1. The highest BCUT2D eigenvalue weighted by Crippen LogP contribution is 2.29. The number of anilines is 1. The number of fused-ring (bicyclic) bond motifs is 1. The fraction of sp³-hybridized carbons (Fsp3) is 0.412. The Morgan fingerprint density at radius 3 is 2.17 bits per heavy atom. The normalized spacial score (nSPS) is 10.3. The van der Waals surface area contributed by atoms with E-state index in [1.807, 2.05) is 87.3 Å². The van der Waals surface area contributed by atoms with Gasteiger partial charge < -0.3 is 14.8 Å². The summed E-state index contributed by atoms with van der Waals surface area (Å²) in [7, 11) is 1.56. The predicted molar refractivity (Wildman–Crippen MR) is 190 cm³/mol. The number of rotatable bonds is 9. The molecule has 0 unspecified atom stereocenters. The maximum atomic E-state index is 12.3. The van der Waals surface area contributed by atoms with E-state index in [1.165, 1.54) is 16.9 Å². The van der Waals surface area contributed by atoms with Gasteiger partial charge in [-0.1, -0.05) is 110 Å². The summed E-state index contributed by atoms with van der Waals surface area (Å²) in [5, 5.41) is 6.15. The van der Waals surface area contributed by atoms with Gasteiger partial charge in [-0.05, 0) is 43.0 Å². The van der Waals surface area contributed by atoms with Crippen molar-refractivity contribution in [3.8, 4) is 0 Å². The molecule has 1 aromatic heterocycles. The first-order chi connectivity index (χ1) is 20.3. The molecule has 0 fully saturated rings. The minimum absolute atomic E-state index is 0.237. The Labute approximate surface area is 260 Å². The number of hydrogen-bond acceptors (Lipinski definition) is 6. The van der Waals surface area contributed by atoms with Crippen LogP contribution in [0.3, 0.4) is 0 Å².